The zero-order valence-electron chi connectivity index (χ0n) is 18.5. The van der Waals surface area contributed by atoms with Crippen LogP contribution in [-0.4, -0.2) is 50.3 Å². The Balaban J connectivity index is 1.50. The lowest BCUT2D eigenvalue weighted by atomic mass is 10.1. The molecule has 0 unspecified atom stereocenters. The van der Waals surface area contributed by atoms with E-state index in [0.717, 1.165) is 42.8 Å². The van der Waals surface area contributed by atoms with Crippen molar-refractivity contribution in [3.05, 3.63) is 65.4 Å². The number of carbonyl (C=O) groups is 1. The smallest absolute Gasteiger partial charge is 0.290 e. The number of ether oxygens (including phenoxy) is 2. The number of morpholine rings is 1. The molecule has 164 valence electrons. The lowest BCUT2D eigenvalue weighted by Gasteiger charge is -2.29. The van der Waals surface area contributed by atoms with Crippen LogP contribution in [0.3, 0.4) is 0 Å². The number of hydrogen-bond donors (Lipinski definition) is 0. The van der Waals surface area contributed by atoms with Crippen molar-refractivity contribution >= 4 is 22.6 Å². The summed E-state index contributed by atoms with van der Waals surface area (Å²) in [7, 11) is 1.80. The van der Waals surface area contributed by atoms with E-state index in [4.69, 9.17) is 13.9 Å². The van der Waals surface area contributed by atoms with Crippen LogP contribution in [-0.2, 0) is 22.6 Å². The first-order valence-electron chi connectivity index (χ1n) is 10.8. The van der Waals surface area contributed by atoms with Crippen LogP contribution < -0.4 is 4.90 Å². The van der Waals surface area contributed by atoms with Gasteiger partial charge in [-0.1, -0.05) is 30.3 Å². The molecule has 1 amide bonds. The Morgan fingerprint density at radius 2 is 1.81 bits per heavy atom. The highest BCUT2D eigenvalue weighted by atomic mass is 16.5. The van der Waals surface area contributed by atoms with Crippen LogP contribution in [0.2, 0.25) is 0 Å². The van der Waals surface area contributed by atoms with Crippen molar-refractivity contribution < 1.29 is 18.7 Å². The van der Waals surface area contributed by atoms with Gasteiger partial charge in [-0.2, -0.15) is 0 Å². The number of anilines is 1. The lowest BCUT2D eigenvalue weighted by Crippen LogP contribution is -2.36. The summed E-state index contributed by atoms with van der Waals surface area (Å²) in [5, 5.41) is 0.926. The summed E-state index contributed by atoms with van der Waals surface area (Å²) in [4.78, 5) is 17.3. The average Bonchev–Trinajstić information content (AvgIpc) is 3.16. The summed E-state index contributed by atoms with van der Waals surface area (Å²) in [6.07, 6.45) is 0.0688. The summed E-state index contributed by atoms with van der Waals surface area (Å²) in [5.74, 6) is 0.213. The second-order valence-corrected chi connectivity index (χ2v) is 8.19. The van der Waals surface area contributed by atoms with Gasteiger partial charge in [0, 0.05) is 43.3 Å². The van der Waals surface area contributed by atoms with Crippen LogP contribution in [0, 0.1) is 0 Å². The molecule has 1 aliphatic heterocycles. The second-order valence-electron chi connectivity index (χ2n) is 8.19. The molecule has 2 heterocycles. The third-order valence-electron chi connectivity index (χ3n) is 5.53. The number of carbonyl (C=O) groups excluding carboxylic acids is 1. The number of fused-ring (bicyclic) bond motifs is 1. The fraction of sp³-hybridized carbons (Fsp3) is 0.400. The fourth-order valence-electron chi connectivity index (χ4n) is 3.82. The summed E-state index contributed by atoms with van der Waals surface area (Å²) < 4.78 is 17.2. The van der Waals surface area contributed by atoms with E-state index in [1.54, 1.807) is 11.9 Å². The number of rotatable bonds is 7. The van der Waals surface area contributed by atoms with E-state index in [9.17, 15) is 4.79 Å². The molecular weight excluding hydrogens is 392 g/mol. The third kappa shape index (κ3) is 4.92. The SMILES string of the molecule is CC(C)OCc1c(C(=O)N(C)Cc2ccc(N3CCOCC3)cc2)oc2ccccc12. The maximum atomic E-state index is 13.3. The molecule has 0 N–H and O–H groups in total. The van der Waals surface area contributed by atoms with Gasteiger partial charge in [-0.25, -0.2) is 0 Å². The average molecular weight is 423 g/mol. The van der Waals surface area contributed by atoms with Crippen molar-refractivity contribution in [1.29, 1.82) is 0 Å². The number of hydrogen-bond acceptors (Lipinski definition) is 5. The molecule has 0 aliphatic carbocycles. The van der Waals surface area contributed by atoms with Crippen LogP contribution in [0.15, 0.2) is 52.9 Å². The van der Waals surface area contributed by atoms with Crippen molar-refractivity contribution in [1.82, 2.24) is 4.90 Å². The van der Waals surface area contributed by atoms with Gasteiger partial charge in [0.2, 0.25) is 0 Å². The molecule has 0 spiro atoms. The number of benzene rings is 2. The largest absolute Gasteiger partial charge is 0.451 e. The van der Waals surface area contributed by atoms with E-state index in [-0.39, 0.29) is 12.0 Å². The van der Waals surface area contributed by atoms with Crippen molar-refractivity contribution in [2.24, 2.45) is 0 Å². The molecule has 6 heteroatoms. The van der Waals surface area contributed by atoms with Crippen molar-refractivity contribution in [3.8, 4) is 0 Å². The quantitative estimate of drug-likeness (QED) is 0.562. The van der Waals surface area contributed by atoms with Gasteiger partial charge in [-0.3, -0.25) is 4.79 Å². The monoisotopic (exact) mass is 422 g/mol. The van der Waals surface area contributed by atoms with E-state index in [2.05, 4.69) is 29.2 Å². The van der Waals surface area contributed by atoms with Gasteiger partial charge in [0.05, 0.1) is 25.9 Å². The Labute approximate surface area is 183 Å². The fourth-order valence-corrected chi connectivity index (χ4v) is 3.82. The third-order valence-corrected chi connectivity index (χ3v) is 5.53. The van der Waals surface area contributed by atoms with E-state index in [1.807, 2.05) is 38.1 Å². The highest BCUT2D eigenvalue weighted by Gasteiger charge is 2.24. The van der Waals surface area contributed by atoms with Gasteiger partial charge in [-0.05, 0) is 37.6 Å². The van der Waals surface area contributed by atoms with Gasteiger partial charge in [-0.15, -0.1) is 0 Å². The molecule has 0 atom stereocenters. The van der Waals surface area contributed by atoms with Gasteiger partial charge in [0.1, 0.15) is 5.58 Å². The highest BCUT2D eigenvalue weighted by molar-refractivity contribution is 5.98. The number of furan rings is 1. The van der Waals surface area contributed by atoms with E-state index < -0.39 is 0 Å². The standard InChI is InChI=1S/C25H30N2O4/c1-18(2)30-17-22-21-6-4-5-7-23(21)31-24(22)25(28)26(3)16-19-8-10-20(11-9-19)27-12-14-29-15-13-27/h4-11,18H,12-17H2,1-3H3. The molecule has 1 aliphatic rings. The summed E-state index contributed by atoms with van der Waals surface area (Å²) >= 11 is 0. The van der Waals surface area contributed by atoms with E-state index in [1.165, 1.54) is 5.69 Å². The lowest BCUT2D eigenvalue weighted by molar-refractivity contribution is 0.0620. The minimum Gasteiger partial charge on any atom is -0.451 e. The minimum atomic E-state index is -0.143. The van der Waals surface area contributed by atoms with Gasteiger partial charge >= 0.3 is 0 Å². The molecule has 4 rings (SSSR count). The van der Waals surface area contributed by atoms with Crippen molar-refractivity contribution in [2.45, 2.75) is 33.1 Å². The molecule has 2 aromatic carbocycles. The van der Waals surface area contributed by atoms with Crippen LogP contribution in [0.25, 0.3) is 11.0 Å². The Morgan fingerprint density at radius 3 is 2.52 bits per heavy atom. The highest BCUT2D eigenvalue weighted by Crippen LogP contribution is 2.28. The van der Waals surface area contributed by atoms with Gasteiger partial charge in [0.15, 0.2) is 5.76 Å². The molecule has 0 bridgehead atoms. The van der Waals surface area contributed by atoms with Crippen LogP contribution in [0.5, 0.6) is 0 Å². The Morgan fingerprint density at radius 1 is 1.10 bits per heavy atom. The molecule has 1 fully saturated rings. The summed E-state index contributed by atoms with van der Waals surface area (Å²) in [6, 6.07) is 16.1. The predicted octanol–water partition coefficient (Wildman–Crippen LogP) is 4.47. The molecule has 0 radical (unpaired) electrons. The molecular formula is C25H30N2O4. The molecule has 3 aromatic rings. The molecule has 31 heavy (non-hydrogen) atoms. The van der Waals surface area contributed by atoms with Gasteiger partial charge in [0.25, 0.3) is 5.91 Å². The minimum absolute atomic E-state index is 0.0688. The van der Waals surface area contributed by atoms with E-state index in [0.29, 0.717) is 24.5 Å². The maximum Gasteiger partial charge on any atom is 0.290 e. The van der Waals surface area contributed by atoms with Crippen molar-refractivity contribution in [2.75, 3.05) is 38.3 Å². The van der Waals surface area contributed by atoms with Crippen molar-refractivity contribution in [3.63, 3.8) is 0 Å². The maximum absolute atomic E-state index is 13.3. The first kappa shape index (κ1) is 21.4. The summed E-state index contributed by atoms with van der Waals surface area (Å²) in [5.41, 5.74) is 3.77. The zero-order valence-corrected chi connectivity index (χ0v) is 18.5. The molecule has 6 nitrogen and oxygen atoms in total. The normalized spacial score (nSPS) is 14.4. The Bertz CT molecular complexity index is 1020. The number of nitrogens with zero attached hydrogens (tertiary/aromatic N) is 2. The van der Waals surface area contributed by atoms with Crippen LogP contribution >= 0.6 is 0 Å². The molecule has 0 saturated carbocycles. The predicted molar refractivity (Wildman–Crippen MR) is 121 cm³/mol. The summed E-state index contributed by atoms with van der Waals surface area (Å²) in [6.45, 7) is 8.16. The van der Waals surface area contributed by atoms with Crippen LogP contribution in [0.1, 0.15) is 35.5 Å². The topological polar surface area (TPSA) is 55.2 Å². The van der Waals surface area contributed by atoms with E-state index >= 15 is 0 Å². The number of amides is 1. The Kier molecular flexibility index (Phi) is 6.59. The second kappa shape index (κ2) is 9.54. The molecule has 1 saturated heterocycles. The van der Waals surface area contributed by atoms with Crippen LogP contribution in [0.4, 0.5) is 5.69 Å². The first-order chi connectivity index (χ1) is 15.0. The molecule has 1 aromatic heterocycles. The first-order valence-corrected chi connectivity index (χ1v) is 10.8. The Hall–Kier alpha value is -2.83. The number of para-hydroxylation sites is 1. The zero-order chi connectivity index (χ0) is 21.8. The van der Waals surface area contributed by atoms with Gasteiger partial charge < -0.3 is 23.7 Å².